The van der Waals surface area contributed by atoms with Crippen LogP contribution in [0.1, 0.15) is 25.5 Å². The van der Waals surface area contributed by atoms with Gasteiger partial charge >= 0.3 is 0 Å². The molecule has 0 aliphatic carbocycles. The van der Waals surface area contributed by atoms with E-state index in [9.17, 15) is 9.50 Å². The number of rotatable bonds is 8. The normalized spacial score (nSPS) is 13.2. The van der Waals surface area contributed by atoms with Crippen LogP contribution in [-0.4, -0.2) is 42.9 Å². The van der Waals surface area contributed by atoms with Crippen LogP contribution in [0, 0.1) is 5.82 Å². The number of likely N-dealkylation sites (N-methyl/N-ethyl adjacent to an activating group) is 1. The van der Waals surface area contributed by atoms with Crippen LogP contribution in [0.2, 0.25) is 0 Å². The first-order valence-electron chi connectivity index (χ1n) is 7.30. The molecule has 0 fully saturated rings. The molecule has 0 amide bonds. The highest BCUT2D eigenvalue weighted by Crippen LogP contribution is 2.27. The molecule has 1 aromatic heterocycles. The Morgan fingerprint density at radius 3 is 2.81 bits per heavy atom. The Hall–Kier alpha value is -1.01. The Morgan fingerprint density at radius 1 is 1.33 bits per heavy atom. The lowest BCUT2D eigenvalue weighted by molar-refractivity contribution is 0.0259. The fourth-order valence-corrected chi connectivity index (χ4v) is 3.07. The first-order valence-corrected chi connectivity index (χ1v) is 8.18. The van der Waals surface area contributed by atoms with E-state index < -0.39 is 6.10 Å². The summed E-state index contributed by atoms with van der Waals surface area (Å²) in [6.07, 6.45) is -0.925. The van der Waals surface area contributed by atoms with E-state index in [4.69, 9.17) is 4.74 Å². The third-order valence-electron chi connectivity index (χ3n) is 3.65. The van der Waals surface area contributed by atoms with E-state index in [2.05, 4.69) is 18.7 Å². The minimum atomic E-state index is -0.925. The fourth-order valence-electron chi connectivity index (χ4n) is 2.28. The van der Waals surface area contributed by atoms with Crippen LogP contribution in [0.3, 0.4) is 0 Å². The van der Waals surface area contributed by atoms with Gasteiger partial charge in [0.25, 0.3) is 0 Å². The third-order valence-corrected chi connectivity index (χ3v) is 4.53. The molecule has 2 rings (SSSR count). The summed E-state index contributed by atoms with van der Waals surface area (Å²) in [5.41, 5.74) is 0.309. The van der Waals surface area contributed by atoms with Gasteiger partial charge in [-0.25, -0.2) is 4.39 Å². The van der Waals surface area contributed by atoms with Gasteiger partial charge in [0.05, 0.1) is 13.2 Å². The molecule has 1 heterocycles. The maximum Gasteiger partial charge on any atom is 0.130 e. The average molecular weight is 311 g/mol. The van der Waals surface area contributed by atoms with Gasteiger partial charge in [0.15, 0.2) is 0 Å². The highest BCUT2D eigenvalue weighted by Gasteiger charge is 2.14. The van der Waals surface area contributed by atoms with Crippen molar-refractivity contribution in [2.45, 2.75) is 20.0 Å². The highest BCUT2D eigenvalue weighted by molar-refractivity contribution is 7.17. The summed E-state index contributed by atoms with van der Waals surface area (Å²) in [5, 5.41) is 13.0. The second kappa shape index (κ2) is 7.84. The maximum atomic E-state index is 14.0. The maximum absolute atomic E-state index is 14.0. The highest BCUT2D eigenvalue weighted by atomic mass is 32.1. The van der Waals surface area contributed by atoms with Crippen molar-refractivity contribution in [1.29, 1.82) is 0 Å². The smallest absolute Gasteiger partial charge is 0.130 e. The zero-order valence-electron chi connectivity index (χ0n) is 12.5. The summed E-state index contributed by atoms with van der Waals surface area (Å²) >= 11 is 1.49. The van der Waals surface area contributed by atoms with Crippen LogP contribution in [0.15, 0.2) is 23.6 Å². The Labute approximate surface area is 129 Å². The van der Waals surface area contributed by atoms with Gasteiger partial charge in [-0.15, -0.1) is 11.3 Å². The van der Waals surface area contributed by atoms with E-state index in [0.29, 0.717) is 12.2 Å². The van der Waals surface area contributed by atoms with Crippen LogP contribution in [0.4, 0.5) is 4.39 Å². The number of fused-ring (bicyclic) bond motifs is 1. The summed E-state index contributed by atoms with van der Waals surface area (Å²) in [6, 6.07) is 5.12. The zero-order valence-corrected chi connectivity index (χ0v) is 13.3. The lowest BCUT2D eigenvalue weighted by Gasteiger charge is -2.18. The molecule has 21 heavy (non-hydrogen) atoms. The van der Waals surface area contributed by atoms with Crippen molar-refractivity contribution in [3.05, 3.63) is 35.0 Å². The van der Waals surface area contributed by atoms with Gasteiger partial charge in [0.1, 0.15) is 11.9 Å². The Morgan fingerprint density at radius 2 is 2.10 bits per heavy atom. The predicted octanol–water partition coefficient (Wildman–Crippen LogP) is 3.43. The van der Waals surface area contributed by atoms with Crippen LogP contribution in [0.25, 0.3) is 10.1 Å². The second-order valence-corrected chi connectivity index (χ2v) is 5.90. The first-order chi connectivity index (χ1) is 10.2. The third kappa shape index (κ3) is 4.23. The molecule has 0 saturated carbocycles. The fraction of sp³-hybridized carbons (Fsp3) is 0.500. The number of thiophene rings is 1. The summed E-state index contributed by atoms with van der Waals surface area (Å²) in [5.74, 6) is -0.371. The predicted molar refractivity (Wildman–Crippen MR) is 85.3 cm³/mol. The molecule has 0 aliphatic heterocycles. The number of hydrogen-bond acceptors (Lipinski definition) is 4. The molecule has 2 aromatic rings. The lowest BCUT2D eigenvalue weighted by Crippen LogP contribution is -2.27. The summed E-state index contributed by atoms with van der Waals surface area (Å²) in [6.45, 7) is 7.64. The molecule has 0 radical (unpaired) electrons. The van der Waals surface area contributed by atoms with Crippen molar-refractivity contribution in [3.63, 3.8) is 0 Å². The quantitative estimate of drug-likeness (QED) is 0.758. The lowest BCUT2D eigenvalue weighted by atomic mass is 10.1. The molecule has 0 saturated heterocycles. The van der Waals surface area contributed by atoms with Crippen molar-refractivity contribution in [1.82, 2.24) is 4.90 Å². The molecule has 1 unspecified atom stereocenters. The van der Waals surface area contributed by atoms with E-state index in [0.717, 1.165) is 29.7 Å². The molecule has 3 nitrogen and oxygen atoms in total. The van der Waals surface area contributed by atoms with E-state index in [1.165, 1.54) is 17.4 Å². The van der Waals surface area contributed by atoms with Crippen LogP contribution >= 0.6 is 11.3 Å². The summed E-state index contributed by atoms with van der Waals surface area (Å²) in [4.78, 5) is 2.24. The minimum Gasteiger partial charge on any atom is -0.386 e. The van der Waals surface area contributed by atoms with Gasteiger partial charge in [-0.1, -0.05) is 13.8 Å². The topological polar surface area (TPSA) is 32.7 Å². The standard InChI is InChI=1S/C16H22FNO2S/c1-3-18(4-2)6-7-20-11-15(19)13-9-12-5-8-21-16(12)10-14(13)17/h5,8-10,15,19H,3-4,6-7,11H2,1-2H3. The molecule has 1 aromatic carbocycles. The van der Waals surface area contributed by atoms with Gasteiger partial charge in [0, 0.05) is 16.8 Å². The Kier molecular flexibility index (Phi) is 6.11. The minimum absolute atomic E-state index is 0.119. The van der Waals surface area contributed by atoms with E-state index in [-0.39, 0.29) is 12.4 Å². The molecular formula is C16H22FNO2S. The van der Waals surface area contributed by atoms with Crippen molar-refractivity contribution >= 4 is 21.4 Å². The first kappa shape index (κ1) is 16.4. The number of aliphatic hydroxyl groups excluding tert-OH is 1. The second-order valence-electron chi connectivity index (χ2n) is 4.95. The monoisotopic (exact) mass is 311 g/mol. The van der Waals surface area contributed by atoms with E-state index >= 15 is 0 Å². The molecule has 5 heteroatoms. The molecule has 1 atom stereocenters. The number of ether oxygens (including phenoxy) is 1. The van der Waals surface area contributed by atoms with Gasteiger partial charge in [0.2, 0.25) is 0 Å². The van der Waals surface area contributed by atoms with Crippen molar-refractivity contribution in [2.75, 3.05) is 32.8 Å². The van der Waals surface area contributed by atoms with Crippen molar-refractivity contribution < 1.29 is 14.2 Å². The number of aliphatic hydroxyl groups is 1. The number of benzene rings is 1. The molecular weight excluding hydrogens is 289 g/mol. The largest absolute Gasteiger partial charge is 0.386 e. The molecule has 0 spiro atoms. The molecule has 1 N–H and O–H groups in total. The number of nitrogens with zero attached hydrogens (tertiary/aromatic N) is 1. The van der Waals surface area contributed by atoms with Crippen LogP contribution < -0.4 is 0 Å². The van der Waals surface area contributed by atoms with E-state index in [1.54, 1.807) is 6.07 Å². The number of hydrogen-bond donors (Lipinski definition) is 1. The van der Waals surface area contributed by atoms with E-state index in [1.807, 2.05) is 11.4 Å². The van der Waals surface area contributed by atoms with Gasteiger partial charge in [-0.05, 0) is 42.1 Å². The summed E-state index contributed by atoms with van der Waals surface area (Å²) < 4.78 is 20.3. The van der Waals surface area contributed by atoms with Gasteiger partial charge in [-0.3, -0.25) is 0 Å². The van der Waals surface area contributed by atoms with Gasteiger partial charge in [-0.2, -0.15) is 0 Å². The zero-order chi connectivity index (χ0) is 15.2. The number of halogens is 1. The van der Waals surface area contributed by atoms with Crippen molar-refractivity contribution in [2.24, 2.45) is 0 Å². The summed E-state index contributed by atoms with van der Waals surface area (Å²) in [7, 11) is 0. The van der Waals surface area contributed by atoms with Crippen molar-refractivity contribution in [3.8, 4) is 0 Å². The molecule has 0 bridgehead atoms. The van der Waals surface area contributed by atoms with Crippen LogP contribution in [-0.2, 0) is 4.74 Å². The SMILES string of the molecule is CCN(CC)CCOCC(O)c1cc2ccsc2cc1F. The average Bonchev–Trinajstić information content (AvgIpc) is 2.93. The molecule has 0 aliphatic rings. The van der Waals surface area contributed by atoms with Gasteiger partial charge < -0.3 is 14.7 Å². The van der Waals surface area contributed by atoms with Crippen LogP contribution in [0.5, 0.6) is 0 Å². The molecule has 116 valence electrons. The Bertz CT molecular complexity index is 568. The Balaban J connectivity index is 1.89.